The lowest BCUT2D eigenvalue weighted by molar-refractivity contribution is 0.163. The van der Waals surface area contributed by atoms with E-state index >= 15 is 0 Å². The van der Waals surface area contributed by atoms with Gasteiger partial charge in [-0.1, -0.05) is 50.5 Å². The Morgan fingerprint density at radius 2 is 1.71 bits per heavy atom. The zero-order valence-electron chi connectivity index (χ0n) is 14.3. The minimum Gasteiger partial charge on any atom is -0.388 e. The van der Waals surface area contributed by atoms with Crippen LogP contribution in [0, 0.1) is 0 Å². The fraction of sp³-hybridized carbons (Fsp3) is 0.684. The summed E-state index contributed by atoms with van der Waals surface area (Å²) in [7, 11) is 0. The van der Waals surface area contributed by atoms with Gasteiger partial charge >= 0.3 is 0 Å². The molecule has 0 aliphatic heterocycles. The van der Waals surface area contributed by atoms with Gasteiger partial charge in [0.15, 0.2) is 0 Å². The molecule has 0 aromatic heterocycles. The molecule has 1 atom stereocenters. The Kier molecular flexibility index (Phi) is 7.98. The lowest BCUT2D eigenvalue weighted by Gasteiger charge is -2.21. The van der Waals surface area contributed by atoms with Crippen LogP contribution in [-0.2, 0) is 6.42 Å². The Labute approximate surface area is 131 Å². The van der Waals surface area contributed by atoms with Crippen LogP contribution in [0.2, 0.25) is 0 Å². The van der Waals surface area contributed by atoms with Crippen LogP contribution in [0.15, 0.2) is 24.3 Å². The van der Waals surface area contributed by atoms with Crippen LogP contribution in [0.3, 0.4) is 0 Å². The molecule has 0 saturated heterocycles. The van der Waals surface area contributed by atoms with Crippen LogP contribution >= 0.6 is 0 Å². The highest BCUT2D eigenvalue weighted by Gasteiger charge is 2.11. The van der Waals surface area contributed by atoms with Gasteiger partial charge in [-0.3, -0.25) is 0 Å². The van der Waals surface area contributed by atoms with E-state index in [0.29, 0.717) is 0 Å². The van der Waals surface area contributed by atoms with Crippen molar-refractivity contribution < 1.29 is 5.11 Å². The third-order valence-corrected chi connectivity index (χ3v) is 3.76. The SMILES string of the molecule is CCCCCCc1ccc(C(O)CCNC(C)(C)C)cc1. The molecule has 120 valence electrons. The van der Waals surface area contributed by atoms with E-state index in [2.05, 4.69) is 57.3 Å². The van der Waals surface area contributed by atoms with Crippen LogP contribution in [0.25, 0.3) is 0 Å². The lowest BCUT2D eigenvalue weighted by Crippen LogP contribution is -2.36. The van der Waals surface area contributed by atoms with Gasteiger partial charge in [-0.2, -0.15) is 0 Å². The molecule has 0 saturated carbocycles. The molecule has 2 nitrogen and oxygen atoms in total. The smallest absolute Gasteiger partial charge is 0.0802 e. The van der Waals surface area contributed by atoms with Crippen LogP contribution in [0.4, 0.5) is 0 Å². The van der Waals surface area contributed by atoms with Gasteiger partial charge in [0.25, 0.3) is 0 Å². The number of nitrogens with one attached hydrogen (secondary N) is 1. The minimum absolute atomic E-state index is 0.113. The Hall–Kier alpha value is -0.860. The van der Waals surface area contributed by atoms with E-state index in [4.69, 9.17) is 0 Å². The fourth-order valence-corrected chi connectivity index (χ4v) is 2.41. The largest absolute Gasteiger partial charge is 0.388 e. The van der Waals surface area contributed by atoms with Crippen molar-refractivity contribution in [2.45, 2.75) is 77.9 Å². The standard InChI is InChI=1S/C19H33NO/c1-5-6-7-8-9-16-10-12-17(13-11-16)18(21)14-15-20-19(2,3)4/h10-13,18,20-21H,5-9,14-15H2,1-4H3. The van der Waals surface area contributed by atoms with Gasteiger partial charge in [-0.25, -0.2) is 0 Å². The fourth-order valence-electron chi connectivity index (χ4n) is 2.41. The summed E-state index contributed by atoms with van der Waals surface area (Å²) >= 11 is 0. The lowest BCUT2D eigenvalue weighted by atomic mass is 10.0. The summed E-state index contributed by atoms with van der Waals surface area (Å²) in [5.41, 5.74) is 2.53. The molecule has 1 unspecified atom stereocenters. The number of rotatable bonds is 9. The number of hydrogen-bond acceptors (Lipinski definition) is 2. The average Bonchev–Trinajstić information content (AvgIpc) is 2.43. The van der Waals surface area contributed by atoms with Gasteiger partial charge in [-0.05, 0) is 57.7 Å². The first-order chi connectivity index (χ1) is 9.92. The molecule has 0 heterocycles. The Morgan fingerprint density at radius 1 is 1.05 bits per heavy atom. The van der Waals surface area contributed by atoms with E-state index in [1.165, 1.54) is 31.2 Å². The van der Waals surface area contributed by atoms with Crippen molar-refractivity contribution in [3.8, 4) is 0 Å². The summed E-state index contributed by atoms with van der Waals surface area (Å²) in [6.45, 7) is 9.51. The quantitative estimate of drug-likeness (QED) is 0.651. The van der Waals surface area contributed by atoms with E-state index in [9.17, 15) is 5.11 Å². The molecule has 0 fully saturated rings. The number of aliphatic hydroxyl groups excluding tert-OH is 1. The summed E-state index contributed by atoms with van der Waals surface area (Å²) < 4.78 is 0. The van der Waals surface area contributed by atoms with E-state index < -0.39 is 0 Å². The highest BCUT2D eigenvalue weighted by Crippen LogP contribution is 2.18. The third-order valence-electron chi connectivity index (χ3n) is 3.76. The summed E-state index contributed by atoms with van der Waals surface area (Å²) in [5, 5.41) is 13.6. The van der Waals surface area contributed by atoms with Crippen molar-refractivity contribution >= 4 is 0 Å². The van der Waals surface area contributed by atoms with E-state index in [1.807, 2.05) is 0 Å². The molecule has 0 spiro atoms. The molecule has 0 amide bonds. The zero-order valence-corrected chi connectivity index (χ0v) is 14.3. The van der Waals surface area contributed by atoms with Crippen molar-refractivity contribution in [3.05, 3.63) is 35.4 Å². The second-order valence-corrected chi connectivity index (χ2v) is 7.03. The Morgan fingerprint density at radius 3 is 2.29 bits per heavy atom. The van der Waals surface area contributed by atoms with Gasteiger partial charge in [0, 0.05) is 5.54 Å². The molecule has 1 rings (SSSR count). The van der Waals surface area contributed by atoms with Gasteiger partial charge in [0.2, 0.25) is 0 Å². The molecule has 0 aliphatic carbocycles. The summed E-state index contributed by atoms with van der Waals surface area (Å²) in [5.74, 6) is 0. The molecular weight excluding hydrogens is 258 g/mol. The number of aryl methyl sites for hydroxylation is 1. The predicted octanol–water partition coefficient (Wildman–Crippen LogP) is 4.62. The highest BCUT2D eigenvalue weighted by atomic mass is 16.3. The maximum Gasteiger partial charge on any atom is 0.0802 e. The maximum atomic E-state index is 10.2. The second kappa shape index (κ2) is 9.22. The predicted molar refractivity (Wildman–Crippen MR) is 91.6 cm³/mol. The van der Waals surface area contributed by atoms with E-state index in [1.54, 1.807) is 0 Å². The van der Waals surface area contributed by atoms with Crippen molar-refractivity contribution in [3.63, 3.8) is 0 Å². The highest BCUT2D eigenvalue weighted by molar-refractivity contribution is 5.24. The summed E-state index contributed by atoms with van der Waals surface area (Å²) in [6.07, 6.45) is 6.75. The molecule has 21 heavy (non-hydrogen) atoms. The molecule has 0 radical (unpaired) electrons. The molecule has 1 aromatic carbocycles. The average molecular weight is 291 g/mol. The van der Waals surface area contributed by atoms with Crippen LogP contribution in [0.5, 0.6) is 0 Å². The van der Waals surface area contributed by atoms with Crippen molar-refractivity contribution in [2.75, 3.05) is 6.54 Å². The molecule has 0 bridgehead atoms. The molecule has 1 aromatic rings. The van der Waals surface area contributed by atoms with Crippen LogP contribution in [0.1, 0.15) is 77.0 Å². The minimum atomic E-state index is -0.367. The van der Waals surface area contributed by atoms with Crippen LogP contribution < -0.4 is 5.32 Å². The first-order valence-corrected chi connectivity index (χ1v) is 8.44. The number of unbranched alkanes of at least 4 members (excludes halogenated alkanes) is 3. The monoisotopic (exact) mass is 291 g/mol. The first kappa shape index (κ1) is 18.2. The van der Waals surface area contributed by atoms with E-state index in [0.717, 1.165) is 24.9 Å². The van der Waals surface area contributed by atoms with Gasteiger partial charge in [0.05, 0.1) is 6.10 Å². The van der Waals surface area contributed by atoms with Gasteiger partial charge < -0.3 is 10.4 Å². The first-order valence-electron chi connectivity index (χ1n) is 8.44. The Bertz CT molecular complexity index is 378. The summed E-state index contributed by atoms with van der Waals surface area (Å²) in [4.78, 5) is 0. The normalized spacial score (nSPS) is 13.4. The van der Waals surface area contributed by atoms with E-state index in [-0.39, 0.29) is 11.6 Å². The topological polar surface area (TPSA) is 32.3 Å². The number of hydrogen-bond donors (Lipinski definition) is 2. The molecule has 0 aliphatic rings. The number of aliphatic hydroxyl groups is 1. The third kappa shape index (κ3) is 8.23. The Balaban J connectivity index is 2.35. The van der Waals surface area contributed by atoms with Gasteiger partial charge in [0.1, 0.15) is 0 Å². The van der Waals surface area contributed by atoms with Crippen molar-refractivity contribution in [1.29, 1.82) is 0 Å². The van der Waals surface area contributed by atoms with Crippen molar-refractivity contribution in [1.82, 2.24) is 5.32 Å². The molecule has 2 N–H and O–H groups in total. The number of benzene rings is 1. The van der Waals surface area contributed by atoms with Crippen molar-refractivity contribution in [2.24, 2.45) is 0 Å². The summed E-state index contributed by atoms with van der Waals surface area (Å²) in [6, 6.07) is 8.50. The maximum absolute atomic E-state index is 10.2. The molecular formula is C19H33NO. The van der Waals surface area contributed by atoms with Crippen LogP contribution in [-0.4, -0.2) is 17.2 Å². The van der Waals surface area contributed by atoms with Gasteiger partial charge in [-0.15, -0.1) is 0 Å². The molecule has 2 heteroatoms. The zero-order chi connectivity index (χ0) is 15.7. The second-order valence-electron chi connectivity index (χ2n) is 7.03.